The van der Waals surface area contributed by atoms with E-state index in [9.17, 15) is 9.90 Å². The van der Waals surface area contributed by atoms with Crippen LogP contribution in [0.2, 0.25) is 10.0 Å². The van der Waals surface area contributed by atoms with Gasteiger partial charge in [0, 0.05) is 26.2 Å². The Morgan fingerprint density at radius 3 is 2.27 bits per heavy atom. The second-order valence-corrected chi connectivity index (χ2v) is 9.77. The maximum atomic E-state index is 13.8. The van der Waals surface area contributed by atoms with Crippen molar-refractivity contribution < 1.29 is 9.90 Å². The smallest absolute Gasteiger partial charge is 0.264 e. The highest BCUT2D eigenvalue weighted by atomic mass is 35.5. The maximum absolute atomic E-state index is 13.8. The van der Waals surface area contributed by atoms with Gasteiger partial charge in [-0.2, -0.15) is 0 Å². The van der Waals surface area contributed by atoms with Crippen molar-refractivity contribution >= 4 is 55.8 Å². The number of halogens is 2. The minimum absolute atomic E-state index is 0.289. The number of aromatic nitrogens is 1. The van der Waals surface area contributed by atoms with Gasteiger partial charge in [-0.3, -0.25) is 4.79 Å². The quantitative estimate of drug-likeness (QED) is 0.421. The van der Waals surface area contributed by atoms with Gasteiger partial charge in [0.05, 0.1) is 20.3 Å². The van der Waals surface area contributed by atoms with Crippen molar-refractivity contribution in [1.82, 2.24) is 9.88 Å². The molecule has 3 aromatic carbocycles. The van der Waals surface area contributed by atoms with Crippen LogP contribution in [-0.4, -0.2) is 47.1 Å². The van der Waals surface area contributed by atoms with Gasteiger partial charge in [-0.05, 0) is 35.4 Å². The van der Waals surface area contributed by atoms with Crippen LogP contribution in [0.4, 0.5) is 5.13 Å². The fourth-order valence-electron chi connectivity index (χ4n) is 4.14. The molecule has 0 radical (unpaired) electrons. The Hall–Kier alpha value is -2.64. The average Bonchev–Trinajstić information content (AvgIpc) is 3.30. The summed E-state index contributed by atoms with van der Waals surface area (Å²) in [5, 5.41) is 13.5. The summed E-state index contributed by atoms with van der Waals surface area (Å²) in [6.07, 6.45) is 0. The van der Waals surface area contributed by atoms with E-state index in [1.807, 2.05) is 24.3 Å². The predicted octanol–water partition coefficient (Wildman–Crippen LogP) is 5.19. The summed E-state index contributed by atoms with van der Waals surface area (Å²) < 4.78 is 1.14. The molecule has 1 N–H and O–H groups in total. The Kier molecular flexibility index (Phi) is 6.01. The lowest BCUT2D eigenvalue weighted by Crippen LogP contribution is -2.55. The summed E-state index contributed by atoms with van der Waals surface area (Å²) >= 11 is 14.0. The average molecular weight is 498 g/mol. The first-order chi connectivity index (χ1) is 16.0. The zero-order chi connectivity index (χ0) is 23.0. The Labute approximate surface area is 205 Å². The lowest BCUT2D eigenvalue weighted by molar-refractivity contribution is -0.148. The van der Waals surface area contributed by atoms with Gasteiger partial charge in [0.25, 0.3) is 5.91 Å². The molecule has 33 heavy (non-hydrogen) atoms. The van der Waals surface area contributed by atoms with Crippen LogP contribution >= 0.6 is 34.5 Å². The molecule has 5 nitrogen and oxygen atoms in total. The van der Waals surface area contributed by atoms with Crippen molar-refractivity contribution in [2.75, 3.05) is 31.1 Å². The Morgan fingerprint density at radius 2 is 1.58 bits per heavy atom. The summed E-state index contributed by atoms with van der Waals surface area (Å²) in [7, 11) is 0. The number of rotatable bonds is 4. The highest BCUT2D eigenvalue weighted by Gasteiger charge is 2.43. The molecule has 0 saturated carbocycles. The lowest BCUT2D eigenvalue weighted by atomic mass is 9.84. The number of aliphatic hydroxyl groups is 1. The molecule has 1 fully saturated rings. The fourth-order valence-corrected chi connectivity index (χ4v) is 5.45. The van der Waals surface area contributed by atoms with E-state index in [0.29, 0.717) is 42.3 Å². The standard InChI is InChI=1S/C25H21Cl2N3O2S/c26-19-11-10-18(16-20(19)27)25(32,17-6-2-1-3-7-17)23(31)29-12-14-30(15-13-29)24-28-21-8-4-5-9-22(21)33-24/h1-11,16,32H,12-15H2. The number of piperazine rings is 1. The molecule has 0 spiro atoms. The molecule has 5 rings (SSSR count). The SMILES string of the molecule is O=C(N1CCN(c2nc3ccccc3s2)CC1)C(O)(c1ccccc1)c1ccc(Cl)c(Cl)c1. The zero-order valence-corrected chi connectivity index (χ0v) is 19.9. The van der Waals surface area contributed by atoms with Gasteiger partial charge in [0.1, 0.15) is 0 Å². The van der Waals surface area contributed by atoms with Crippen molar-refractivity contribution in [1.29, 1.82) is 0 Å². The van der Waals surface area contributed by atoms with Gasteiger partial charge in [0.15, 0.2) is 10.7 Å². The topological polar surface area (TPSA) is 56.7 Å². The number of benzene rings is 3. The number of carbonyl (C=O) groups is 1. The summed E-state index contributed by atoms with van der Waals surface area (Å²) in [5.41, 5.74) is -0.00849. The number of hydrogen-bond donors (Lipinski definition) is 1. The molecule has 2 heterocycles. The number of anilines is 1. The number of hydrogen-bond acceptors (Lipinski definition) is 5. The second-order valence-electron chi connectivity index (χ2n) is 7.95. The van der Waals surface area contributed by atoms with Crippen LogP contribution in [0.25, 0.3) is 10.2 Å². The molecule has 1 aliphatic rings. The largest absolute Gasteiger partial charge is 0.372 e. The minimum Gasteiger partial charge on any atom is -0.372 e. The van der Waals surface area contributed by atoms with Crippen molar-refractivity contribution in [3.05, 3.63) is 94.0 Å². The highest BCUT2D eigenvalue weighted by molar-refractivity contribution is 7.22. The fraction of sp³-hybridized carbons (Fsp3) is 0.200. The number of para-hydroxylation sites is 1. The van der Waals surface area contributed by atoms with Gasteiger partial charge in [-0.15, -0.1) is 0 Å². The molecule has 8 heteroatoms. The van der Waals surface area contributed by atoms with E-state index in [1.54, 1.807) is 58.7 Å². The minimum atomic E-state index is -1.87. The molecule has 1 aromatic heterocycles. The molecule has 168 valence electrons. The van der Waals surface area contributed by atoms with Gasteiger partial charge in [-0.1, -0.05) is 83.1 Å². The van der Waals surface area contributed by atoms with E-state index in [4.69, 9.17) is 28.2 Å². The molecule has 0 aliphatic carbocycles. The first kappa shape index (κ1) is 22.2. The number of carbonyl (C=O) groups excluding carboxylic acids is 1. The molecule has 1 unspecified atom stereocenters. The van der Waals surface area contributed by atoms with E-state index in [1.165, 1.54) is 0 Å². The normalized spacial score (nSPS) is 16.1. The van der Waals surface area contributed by atoms with Crippen LogP contribution in [0.5, 0.6) is 0 Å². The summed E-state index contributed by atoms with van der Waals surface area (Å²) in [5.74, 6) is -0.379. The van der Waals surface area contributed by atoms with Crippen LogP contribution in [0.1, 0.15) is 11.1 Å². The molecule has 4 aromatic rings. The number of nitrogens with zero attached hydrogens (tertiary/aromatic N) is 3. The van der Waals surface area contributed by atoms with Gasteiger partial charge < -0.3 is 14.9 Å². The number of thiazole rings is 1. The summed E-state index contributed by atoms with van der Waals surface area (Å²) in [6, 6.07) is 21.8. The Bertz CT molecular complexity index is 1270. The number of fused-ring (bicyclic) bond motifs is 1. The zero-order valence-electron chi connectivity index (χ0n) is 17.6. The van der Waals surface area contributed by atoms with Gasteiger partial charge in [-0.25, -0.2) is 4.98 Å². The maximum Gasteiger partial charge on any atom is 0.264 e. The third-order valence-corrected chi connectivity index (χ3v) is 7.79. The summed E-state index contributed by atoms with van der Waals surface area (Å²) in [4.78, 5) is 22.4. The molecule has 0 bridgehead atoms. The number of amides is 1. The van der Waals surface area contributed by atoms with Crippen molar-refractivity contribution in [2.24, 2.45) is 0 Å². The first-order valence-corrected chi connectivity index (χ1v) is 12.2. The molecule has 1 saturated heterocycles. The lowest BCUT2D eigenvalue weighted by Gasteiger charge is -2.39. The molecule has 1 amide bonds. The summed E-state index contributed by atoms with van der Waals surface area (Å²) in [6.45, 7) is 2.23. The van der Waals surface area contributed by atoms with Crippen LogP contribution in [-0.2, 0) is 10.4 Å². The monoisotopic (exact) mass is 497 g/mol. The van der Waals surface area contributed by atoms with E-state index in [-0.39, 0.29) is 10.9 Å². The third-order valence-electron chi connectivity index (χ3n) is 5.96. The molecular formula is C25H21Cl2N3O2S. The first-order valence-electron chi connectivity index (χ1n) is 10.6. The predicted molar refractivity (Wildman–Crippen MR) is 134 cm³/mol. The van der Waals surface area contributed by atoms with Crippen LogP contribution < -0.4 is 4.90 Å². The van der Waals surface area contributed by atoms with Crippen molar-refractivity contribution in [3.8, 4) is 0 Å². The third kappa shape index (κ3) is 4.08. The van der Waals surface area contributed by atoms with Crippen LogP contribution in [0.3, 0.4) is 0 Å². The molecular weight excluding hydrogens is 477 g/mol. The Morgan fingerprint density at radius 1 is 0.879 bits per heavy atom. The van der Waals surface area contributed by atoms with E-state index >= 15 is 0 Å². The van der Waals surface area contributed by atoms with Crippen LogP contribution in [0.15, 0.2) is 72.8 Å². The van der Waals surface area contributed by atoms with Gasteiger partial charge in [0.2, 0.25) is 0 Å². The molecule has 1 aliphatic heterocycles. The Balaban J connectivity index is 1.41. The van der Waals surface area contributed by atoms with E-state index < -0.39 is 5.60 Å². The van der Waals surface area contributed by atoms with Crippen LogP contribution in [0, 0.1) is 0 Å². The van der Waals surface area contributed by atoms with Gasteiger partial charge >= 0.3 is 0 Å². The van der Waals surface area contributed by atoms with E-state index in [0.717, 1.165) is 15.3 Å². The molecule has 1 atom stereocenters. The van der Waals surface area contributed by atoms with Crippen molar-refractivity contribution in [3.63, 3.8) is 0 Å². The second kappa shape index (κ2) is 8.95. The van der Waals surface area contributed by atoms with Crippen molar-refractivity contribution in [2.45, 2.75) is 5.60 Å². The van der Waals surface area contributed by atoms with E-state index in [2.05, 4.69) is 11.0 Å². The highest BCUT2D eigenvalue weighted by Crippen LogP contribution is 2.36.